The monoisotopic (exact) mass is 1090 g/mol. The first-order chi connectivity index (χ1) is 39.0. The van der Waals surface area contributed by atoms with E-state index in [0.717, 1.165) is 128 Å². The molecule has 6 heteroatoms. The van der Waals surface area contributed by atoms with Crippen molar-refractivity contribution in [1.29, 1.82) is 0 Å². The Labute approximate surface area is 488 Å². The molecule has 0 amide bonds. The summed E-state index contributed by atoms with van der Waals surface area (Å²) in [5.41, 5.74) is 0. The maximum Gasteiger partial charge on any atom is 0.306 e. The molecule has 0 aliphatic heterocycles. The normalized spacial score (nSPS) is 12.9. The Morgan fingerprint density at radius 2 is 0.494 bits per heavy atom. The fourth-order valence-electron chi connectivity index (χ4n) is 9.02. The second-order valence-corrected chi connectivity index (χ2v) is 21.6. The van der Waals surface area contributed by atoms with E-state index in [0.29, 0.717) is 19.3 Å². The molecule has 0 bridgehead atoms. The highest BCUT2D eigenvalue weighted by molar-refractivity contribution is 5.71. The average molecular weight is 1100 g/mol. The molecule has 0 fully saturated rings. The Kier molecular flexibility index (Phi) is 62.8. The number of carbonyl (C=O) groups is 3. The summed E-state index contributed by atoms with van der Waals surface area (Å²) in [7, 11) is 0. The van der Waals surface area contributed by atoms with Crippen molar-refractivity contribution in [2.45, 2.75) is 309 Å². The molecule has 1 unspecified atom stereocenters. The second kappa shape index (κ2) is 66.3. The van der Waals surface area contributed by atoms with Gasteiger partial charge in [0, 0.05) is 19.3 Å². The van der Waals surface area contributed by atoms with Crippen molar-refractivity contribution < 1.29 is 28.6 Å². The predicted octanol–water partition coefficient (Wildman–Crippen LogP) is 22.8. The molecule has 0 N–H and O–H groups in total. The van der Waals surface area contributed by atoms with Gasteiger partial charge in [-0.3, -0.25) is 14.4 Å². The fraction of sp³-hybridized carbons (Fsp3) is 0.685. The van der Waals surface area contributed by atoms with E-state index >= 15 is 0 Å². The lowest BCUT2D eigenvalue weighted by Gasteiger charge is -2.18. The van der Waals surface area contributed by atoms with E-state index in [9.17, 15) is 14.4 Å². The van der Waals surface area contributed by atoms with Crippen LogP contribution in [0, 0.1) is 0 Å². The Morgan fingerprint density at radius 1 is 0.266 bits per heavy atom. The number of hydrogen-bond donors (Lipinski definition) is 0. The van der Waals surface area contributed by atoms with Crippen molar-refractivity contribution in [2.75, 3.05) is 13.2 Å². The zero-order chi connectivity index (χ0) is 57.1. The van der Waals surface area contributed by atoms with Crippen LogP contribution in [0.1, 0.15) is 303 Å². The highest BCUT2D eigenvalue weighted by atomic mass is 16.6. The van der Waals surface area contributed by atoms with E-state index < -0.39 is 6.10 Å². The summed E-state index contributed by atoms with van der Waals surface area (Å²) >= 11 is 0. The molecule has 0 rings (SSSR count). The van der Waals surface area contributed by atoms with E-state index in [1.165, 1.54) is 135 Å². The van der Waals surface area contributed by atoms with Gasteiger partial charge in [0.05, 0.1) is 0 Å². The van der Waals surface area contributed by atoms with Crippen molar-refractivity contribution >= 4 is 17.9 Å². The van der Waals surface area contributed by atoms with E-state index in [1.54, 1.807) is 0 Å². The van der Waals surface area contributed by atoms with Gasteiger partial charge in [-0.15, -0.1) is 0 Å². The Bertz CT molecular complexity index is 1640. The number of allylic oxidation sites excluding steroid dienone is 20. The Balaban J connectivity index is 4.43. The number of ether oxygens (including phenoxy) is 3. The number of rotatable bonds is 59. The number of hydrogen-bond acceptors (Lipinski definition) is 6. The van der Waals surface area contributed by atoms with Gasteiger partial charge in [-0.2, -0.15) is 0 Å². The lowest BCUT2D eigenvalue weighted by atomic mass is 10.0. The van der Waals surface area contributed by atoms with Gasteiger partial charge in [0.1, 0.15) is 13.2 Å². The standard InChI is InChI=1S/C73H122O6/c1-4-7-10-13-16-19-22-25-27-29-31-33-35-36-38-39-41-43-45-48-51-54-57-60-63-66-72(75)78-69-70(68-77-71(74)65-62-59-56-53-50-47-24-21-18-15-12-9-6-3)79-73(76)67-64-61-58-55-52-49-46-44-42-40-37-34-32-30-28-26-23-20-17-14-11-8-5-2/h7,10,16,19,23,25-27,30-33,36-38,40-41,43,48,51,70H,4-6,8-9,11-15,17-18,20-22,24,28-29,34-35,39,42,44-47,49-50,52-69H2,1-3H3/b10-7-,19-16-,26-23-,27-25-,32-30-,33-31-,38-36-,40-37-,43-41-,51-48-. The molecular formula is C73H122O6. The summed E-state index contributed by atoms with van der Waals surface area (Å²) in [4.78, 5) is 38.3. The Morgan fingerprint density at radius 3 is 0.785 bits per heavy atom. The van der Waals surface area contributed by atoms with Crippen LogP contribution in [0.2, 0.25) is 0 Å². The summed E-state index contributed by atoms with van der Waals surface area (Å²) in [5, 5.41) is 0. The van der Waals surface area contributed by atoms with Crippen LogP contribution in [0.15, 0.2) is 122 Å². The summed E-state index contributed by atoms with van der Waals surface area (Å²) < 4.78 is 16.9. The SMILES string of the molecule is CC/C=C\C/C=C\C/C=C\C/C=C\C/C=C\C/C=C\C/C=C\CCCCCC(=O)OCC(COC(=O)CCCCCCCCCCCCCCC)OC(=O)CCCCCCCCCC/C=C\C/C=C\C/C=C\CCCCCCC. The second-order valence-electron chi connectivity index (χ2n) is 21.6. The Hall–Kier alpha value is -4.19. The van der Waals surface area contributed by atoms with Crippen LogP contribution in [0.4, 0.5) is 0 Å². The third-order valence-corrected chi connectivity index (χ3v) is 14.0. The fourth-order valence-corrected chi connectivity index (χ4v) is 9.02. The molecule has 0 aromatic carbocycles. The van der Waals surface area contributed by atoms with E-state index in [4.69, 9.17) is 14.2 Å². The summed E-state index contributed by atoms with van der Waals surface area (Å²) in [6.45, 7) is 6.50. The first kappa shape index (κ1) is 74.8. The van der Waals surface area contributed by atoms with Crippen LogP contribution in [-0.2, 0) is 28.6 Å². The van der Waals surface area contributed by atoms with Crippen molar-refractivity contribution in [3.63, 3.8) is 0 Å². The average Bonchev–Trinajstić information content (AvgIpc) is 3.45. The maximum atomic E-state index is 12.9. The van der Waals surface area contributed by atoms with Crippen LogP contribution in [0.5, 0.6) is 0 Å². The van der Waals surface area contributed by atoms with Gasteiger partial charge in [0.2, 0.25) is 0 Å². The highest BCUT2D eigenvalue weighted by Crippen LogP contribution is 2.16. The van der Waals surface area contributed by atoms with Gasteiger partial charge in [-0.1, -0.05) is 290 Å². The molecule has 79 heavy (non-hydrogen) atoms. The van der Waals surface area contributed by atoms with E-state index in [-0.39, 0.29) is 31.1 Å². The summed E-state index contributed by atoms with van der Waals surface area (Å²) in [5.74, 6) is -0.927. The molecule has 0 saturated heterocycles. The molecule has 1 atom stereocenters. The minimum Gasteiger partial charge on any atom is -0.462 e. The van der Waals surface area contributed by atoms with Gasteiger partial charge in [0.25, 0.3) is 0 Å². The van der Waals surface area contributed by atoms with Crippen molar-refractivity contribution in [3.05, 3.63) is 122 Å². The zero-order valence-electron chi connectivity index (χ0n) is 51.6. The van der Waals surface area contributed by atoms with Crippen molar-refractivity contribution in [3.8, 4) is 0 Å². The molecule has 0 spiro atoms. The third-order valence-electron chi connectivity index (χ3n) is 14.0. The summed E-state index contributed by atoms with van der Waals surface area (Å²) in [6.07, 6.45) is 92.0. The first-order valence-electron chi connectivity index (χ1n) is 33.0. The van der Waals surface area contributed by atoms with Crippen molar-refractivity contribution in [1.82, 2.24) is 0 Å². The molecule has 6 nitrogen and oxygen atoms in total. The number of esters is 3. The largest absolute Gasteiger partial charge is 0.462 e. The first-order valence-corrected chi connectivity index (χ1v) is 33.0. The molecule has 0 aromatic rings. The smallest absolute Gasteiger partial charge is 0.306 e. The van der Waals surface area contributed by atoms with Gasteiger partial charge in [-0.25, -0.2) is 0 Å². The lowest BCUT2D eigenvalue weighted by molar-refractivity contribution is -0.167. The van der Waals surface area contributed by atoms with Crippen LogP contribution >= 0.6 is 0 Å². The van der Waals surface area contributed by atoms with Crippen molar-refractivity contribution in [2.24, 2.45) is 0 Å². The zero-order valence-corrected chi connectivity index (χ0v) is 51.6. The van der Waals surface area contributed by atoms with Crippen LogP contribution in [-0.4, -0.2) is 37.2 Å². The number of carbonyl (C=O) groups excluding carboxylic acids is 3. The molecule has 0 saturated carbocycles. The van der Waals surface area contributed by atoms with Crippen LogP contribution in [0.3, 0.4) is 0 Å². The highest BCUT2D eigenvalue weighted by Gasteiger charge is 2.19. The minimum atomic E-state index is -0.799. The van der Waals surface area contributed by atoms with Gasteiger partial charge in [-0.05, 0) is 116 Å². The molecule has 450 valence electrons. The van der Waals surface area contributed by atoms with Crippen LogP contribution < -0.4 is 0 Å². The number of unbranched alkanes of at least 4 members (excludes halogenated alkanes) is 28. The van der Waals surface area contributed by atoms with Gasteiger partial charge >= 0.3 is 17.9 Å². The molecule has 0 radical (unpaired) electrons. The summed E-state index contributed by atoms with van der Waals surface area (Å²) in [6, 6.07) is 0. The van der Waals surface area contributed by atoms with E-state index in [2.05, 4.69) is 142 Å². The predicted molar refractivity (Wildman–Crippen MR) is 343 cm³/mol. The van der Waals surface area contributed by atoms with E-state index in [1.807, 2.05) is 0 Å². The van der Waals surface area contributed by atoms with Crippen LogP contribution in [0.25, 0.3) is 0 Å². The quantitative estimate of drug-likeness (QED) is 0.0261. The molecule has 0 aliphatic carbocycles. The molecule has 0 heterocycles. The molecule has 0 aliphatic rings. The molecular weight excluding hydrogens is 973 g/mol. The van der Waals surface area contributed by atoms with Gasteiger partial charge < -0.3 is 14.2 Å². The minimum absolute atomic E-state index is 0.0920. The topological polar surface area (TPSA) is 78.9 Å². The lowest BCUT2D eigenvalue weighted by Crippen LogP contribution is -2.30. The third kappa shape index (κ3) is 64.5. The maximum absolute atomic E-state index is 12.9. The molecule has 0 aromatic heterocycles. The van der Waals surface area contributed by atoms with Gasteiger partial charge in [0.15, 0.2) is 6.10 Å².